The van der Waals surface area contributed by atoms with E-state index in [9.17, 15) is 18.4 Å². The van der Waals surface area contributed by atoms with Crippen LogP contribution in [0.3, 0.4) is 0 Å². The highest BCUT2D eigenvalue weighted by Gasteiger charge is 2.11. The van der Waals surface area contributed by atoms with Crippen molar-refractivity contribution in [1.29, 1.82) is 0 Å². The molecule has 0 aliphatic rings. The highest BCUT2D eigenvalue weighted by Crippen LogP contribution is 2.21. The standard InChI is InChI=1S/C15H10F2IN3O2S2/c16-10-3-8(4-11(17)14(10)18)19-12(22)7-24-6-9-5-13(23)21-1-2-25-15(21)20-9/h1-5H,6-7H2,(H,19,22). The molecule has 0 saturated carbocycles. The van der Waals surface area contributed by atoms with Crippen LogP contribution in [-0.4, -0.2) is 21.0 Å². The number of nitrogens with zero attached hydrogens (tertiary/aromatic N) is 2. The van der Waals surface area contributed by atoms with Crippen molar-refractivity contribution in [2.75, 3.05) is 11.1 Å². The molecule has 2 aromatic heterocycles. The van der Waals surface area contributed by atoms with E-state index < -0.39 is 11.6 Å². The number of nitrogens with one attached hydrogen (secondary N) is 1. The van der Waals surface area contributed by atoms with Gasteiger partial charge in [-0.25, -0.2) is 13.8 Å². The SMILES string of the molecule is O=C(CSCc1cc(=O)n2ccsc2n1)Nc1cc(F)c(I)c(F)c1. The molecule has 0 aliphatic carbocycles. The van der Waals surface area contributed by atoms with Gasteiger partial charge in [-0.2, -0.15) is 0 Å². The molecule has 0 radical (unpaired) electrons. The first kappa shape index (κ1) is 18.3. The van der Waals surface area contributed by atoms with Crippen molar-refractivity contribution in [3.63, 3.8) is 0 Å². The van der Waals surface area contributed by atoms with E-state index in [4.69, 9.17) is 0 Å². The molecule has 1 N–H and O–H groups in total. The summed E-state index contributed by atoms with van der Waals surface area (Å²) in [7, 11) is 0. The summed E-state index contributed by atoms with van der Waals surface area (Å²) in [6, 6.07) is 3.57. The molecule has 5 nitrogen and oxygen atoms in total. The van der Waals surface area contributed by atoms with Crippen LogP contribution in [0.2, 0.25) is 0 Å². The van der Waals surface area contributed by atoms with E-state index in [-0.39, 0.29) is 26.5 Å². The van der Waals surface area contributed by atoms with Gasteiger partial charge >= 0.3 is 0 Å². The van der Waals surface area contributed by atoms with Crippen molar-refractivity contribution in [1.82, 2.24) is 9.38 Å². The molecule has 1 amide bonds. The molecule has 0 aliphatic heterocycles. The lowest BCUT2D eigenvalue weighted by Crippen LogP contribution is -2.15. The van der Waals surface area contributed by atoms with E-state index >= 15 is 0 Å². The number of thioether (sulfide) groups is 1. The molecule has 0 saturated heterocycles. The Hall–Kier alpha value is -1.53. The number of hydrogen-bond acceptors (Lipinski definition) is 5. The third kappa shape index (κ3) is 4.36. The summed E-state index contributed by atoms with van der Waals surface area (Å²) < 4.78 is 28.3. The van der Waals surface area contributed by atoms with Gasteiger partial charge in [-0.3, -0.25) is 14.0 Å². The van der Waals surface area contributed by atoms with Crippen molar-refractivity contribution in [2.45, 2.75) is 5.75 Å². The maximum Gasteiger partial charge on any atom is 0.258 e. The Kier molecular flexibility index (Phi) is 5.69. The number of amides is 1. The molecule has 0 atom stereocenters. The molecule has 0 unspecified atom stereocenters. The van der Waals surface area contributed by atoms with Gasteiger partial charge in [0.1, 0.15) is 11.6 Å². The van der Waals surface area contributed by atoms with Crippen molar-refractivity contribution in [3.8, 4) is 0 Å². The number of anilines is 1. The first-order valence-electron chi connectivity index (χ1n) is 6.92. The van der Waals surface area contributed by atoms with Crippen LogP contribution in [0.4, 0.5) is 14.5 Å². The Bertz CT molecular complexity index is 983. The largest absolute Gasteiger partial charge is 0.325 e. The van der Waals surface area contributed by atoms with Gasteiger partial charge in [0, 0.05) is 29.1 Å². The lowest BCUT2D eigenvalue weighted by atomic mass is 10.3. The van der Waals surface area contributed by atoms with Crippen LogP contribution in [0.5, 0.6) is 0 Å². The fourth-order valence-electron chi connectivity index (χ4n) is 2.03. The van der Waals surface area contributed by atoms with E-state index in [1.807, 2.05) is 0 Å². The first-order chi connectivity index (χ1) is 11.9. The lowest BCUT2D eigenvalue weighted by Gasteiger charge is -2.07. The topological polar surface area (TPSA) is 63.5 Å². The lowest BCUT2D eigenvalue weighted by molar-refractivity contribution is -0.113. The maximum absolute atomic E-state index is 13.5. The summed E-state index contributed by atoms with van der Waals surface area (Å²) in [5.41, 5.74) is 0.477. The van der Waals surface area contributed by atoms with Crippen LogP contribution in [-0.2, 0) is 10.5 Å². The van der Waals surface area contributed by atoms with Crippen molar-refractivity contribution >= 4 is 62.2 Å². The second-order valence-electron chi connectivity index (χ2n) is 4.94. The second-order valence-corrected chi connectivity index (χ2v) is 7.87. The minimum atomic E-state index is -0.725. The van der Waals surface area contributed by atoms with E-state index in [1.54, 1.807) is 34.2 Å². The number of hydrogen-bond donors (Lipinski definition) is 1. The zero-order valence-electron chi connectivity index (χ0n) is 12.5. The van der Waals surface area contributed by atoms with Gasteiger partial charge in [0.05, 0.1) is 15.0 Å². The molecule has 1 aromatic carbocycles. The van der Waals surface area contributed by atoms with Gasteiger partial charge in [0.15, 0.2) is 4.96 Å². The highest BCUT2D eigenvalue weighted by molar-refractivity contribution is 14.1. The van der Waals surface area contributed by atoms with Crippen LogP contribution in [0.1, 0.15) is 5.69 Å². The molecule has 10 heteroatoms. The number of carbonyl (C=O) groups excluding carboxylic acids is 1. The monoisotopic (exact) mass is 493 g/mol. The fourth-order valence-corrected chi connectivity index (χ4v) is 3.80. The van der Waals surface area contributed by atoms with E-state index in [2.05, 4.69) is 10.3 Å². The normalized spacial score (nSPS) is 11.0. The molecule has 2 heterocycles. The van der Waals surface area contributed by atoms with Gasteiger partial charge in [-0.1, -0.05) is 0 Å². The third-order valence-corrected chi connectivity index (χ3v) is 5.86. The van der Waals surface area contributed by atoms with Gasteiger partial charge < -0.3 is 5.32 Å². The van der Waals surface area contributed by atoms with Crippen molar-refractivity contribution in [2.24, 2.45) is 0 Å². The predicted octanol–water partition coefficient (Wildman–Crippen LogP) is 3.51. The average molecular weight is 493 g/mol. The van der Waals surface area contributed by atoms with Gasteiger partial charge in [0.2, 0.25) is 5.91 Å². The van der Waals surface area contributed by atoms with Crippen LogP contribution in [0.15, 0.2) is 34.6 Å². The molecule has 0 fully saturated rings. The van der Waals surface area contributed by atoms with E-state index in [1.165, 1.54) is 33.6 Å². The van der Waals surface area contributed by atoms with E-state index in [0.717, 1.165) is 12.1 Å². The van der Waals surface area contributed by atoms with Crippen LogP contribution < -0.4 is 10.9 Å². The number of thiazole rings is 1. The van der Waals surface area contributed by atoms with Crippen LogP contribution in [0, 0.1) is 15.2 Å². The minimum absolute atomic E-state index is 0.0670. The summed E-state index contributed by atoms with van der Waals surface area (Å²) in [4.78, 5) is 28.7. The number of rotatable bonds is 5. The predicted molar refractivity (Wildman–Crippen MR) is 103 cm³/mol. The quantitative estimate of drug-likeness (QED) is 0.437. The molecule has 0 spiro atoms. The number of carbonyl (C=O) groups is 1. The van der Waals surface area contributed by atoms with Crippen molar-refractivity contribution in [3.05, 3.63) is 61.0 Å². The molecular weight excluding hydrogens is 483 g/mol. The Labute approximate surface area is 162 Å². The summed E-state index contributed by atoms with van der Waals surface area (Å²) in [5.74, 6) is -1.39. The van der Waals surface area contributed by atoms with Crippen molar-refractivity contribution < 1.29 is 13.6 Å². The molecular formula is C15H10F2IN3O2S2. The number of halogens is 3. The smallest absolute Gasteiger partial charge is 0.258 e. The molecule has 25 heavy (non-hydrogen) atoms. The summed E-state index contributed by atoms with van der Waals surface area (Å²) >= 11 is 4.17. The number of benzene rings is 1. The Morgan fingerprint density at radius 2 is 2.04 bits per heavy atom. The zero-order valence-corrected chi connectivity index (χ0v) is 16.3. The summed E-state index contributed by atoms with van der Waals surface area (Å²) in [6.45, 7) is 0. The Morgan fingerprint density at radius 1 is 1.32 bits per heavy atom. The number of fused-ring (bicyclic) bond motifs is 1. The molecule has 0 bridgehead atoms. The first-order valence-corrected chi connectivity index (χ1v) is 10.0. The molecule has 3 rings (SSSR count). The zero-order chi connectivity index (χ0) is 18.0. The van der Waals surface area contributed by atoms with Gasteiger partial charge in [0.25, 0.3) is 5.56 Å². The minimum Gasteiger partial charge on any atom is -0.325 e. The molecule has 3 aromatic rings. The summed E-state index contributed by atoms with van der Waals surface area (Å²) in [6.07, 6.45) is 1.65. The number of aromatic nitrogens is 2. The van der Waals surface area contributed by atoms with Crippen LogP contribution in [0.25, 0.3) is 4.96 Å². The highest BCUT2D eigenvalue weighted by atomic mass is 127. The van der Waals surface area contributed by atoms with E-state index in [0.29, 0.717) is 16.4 Å². The summed E-state index contributed by atoms with van der Waals surface area (Å²) in [5, 5.41) is 4.22. The Balaban J connectivity index is 1.58. The Morgan fingerprint density at radius 3 is 2.76 bits per heavy atom. The van der Waals surface area contributed by atoms with Gasteiger partial charge in [-0.15, -0.1) is 23.1 Å². The fraction of sp³-hybridized carbons (Fsp3) is 0.133. The second kappa shape index (κ2) is 7.79. The third-order valence-electron chi connectivity index (χ3n) is 3.11. The average Bonchev–Trinajstić information content (AvgIpc) is 3.01. The maximum atomic E-state index is 13.5. The van der Waals surface area contributed by atoms with Gasteiger partial charge in [-0.05, 0) is 34.7 Å². The van der Waals surface area contributed by atoms with Crippen LogP contribution >= 0.6 is 45.7 Å². The molecule has 130 valence electrons.